The Morgan fingerprint density at radius 2 is 0.907 bits per heavy atom. The number of nitrogens with zero attached hydrogens (tertiary/aromatic N) is 3. The lowest BCUT2D eigenvalue weighted by atomic mass is 10.0. The van der Waals surface area contributed by atoms with Crippen molar-refractivity contribution in [1.82, 2.24) is 30.7 Å². The molecule has 3 amide bonds. The van der Waals surface area contributed by atoms with Gasteiger partial charge in [0.15, 0.2) is 18.1 Å². The summed E-state index contributed by atoms with van der Waals surface area (Å²) < 4.78 is 13.5. The number of unbranched alkanes of at least 4 members (excludes halogenated alkanes) is 6. The van der Waals surface area contributed by atoms with Crippen molar-refractivity contribution in [3.05, 3.63) is 52.3 Å². The second kappa shape index (κ2) is 26.2. The first-order chi connectivity index (χ1) is 26.2. The van der Waals surface area contributed by atoms with Crippen LogP contribution in [0.15, 0.2) is 45.7 Å². The smallest absolute Gasteiger partial charge is 0.224 e. The maximum absolute atomic E-state index is 13.3. The first kappa shape index (κ1) is 46.5. The first-order valence-corrected chi connectivity index (χ1v) is 21.4. The fourth-order valence-corrected chi connectivity index (χ4v) is 6.36. The normalized spacial score (nSPS) is 14.5. The Labute approximate surface area is 328 Å². The molecule has 0 spiro atoms. The summed E-state index contributed by atoms with van der Waals surface area (Å²) in [6.07, 6.45) is 13.3. The molecule has 11 heteroatoms. The molecule has 2 rings (SSSR count). The first-order valence-electron chi connectivity index (χ1n) is 21.4. The van der Waals surface area contributed by atoms with Crippen LogP contribution >= 0.6 is 0 Å². The molecule has 0 unspecified atom stereocenters. The Hall–Kier alpha value is -3.63. The molecule has 3 N–H and O–H groups in total. The number of rotatable bonds is 28. The van der Waals surface area contributed by atoms with Gasteiger partial charge in [0, 0.05) is 58.5 Å². The van der Waals surface area contributed by atoms with E-state index in [0.29, 0.717) is 28.6 Å². The number of carbonyl (C=O) groups is 3. The van der Waals surface area contributed by atoms with Crippen LogP contribution in [-0.4, -0.2) is 78.3 Å². The molecule has 2 heterocycles. The molecule has 54 heavy (non-hydrogen) atoms. The Bertz CT molecular complexity index is 1290. The molecular weight excluding hydrogens is 681 g/mol. The third-order valence-corrected chi connectivity index (χ3v) is 9.76. The molecule has 0 atom stereocenters. The van der Waals surface area contributed by atoms with E-state index in [-0.39, 0.29) is 43.6 Å². The van der Waals surface area contributed by atoms with E-state index in [1.54, 1.807) is 20.8 Å². The summed E-state index contributed by atoms with van der Waals surface area (Å²) in [5.41, 5.74) is 4.20. The van der Waals surface area contributed by atoms with Gasteiger partial charge in [-0.15, -0.1) is 0 Å². The fourth-order valence-electron chi connectivity index (χ4n) is 6.36. The van der Waals surface area contributed by atoms with Gasteiger partial charge >= 0.3 is 0 Å². The van der Waals surface area contributed by atoms with Crippen molar-refractivity contribution in [2.24, 2.45) is 0 Å². The van der Waals surface area contributed by atoms with Crippen molar-refractivity contribution in [2.75, 3.05) is 45.9 Å². The summed E-state index contributed by atoms with van der Waals surface area (Å²) in [7, 11) is 0. The van der Waals surface area contributed by atoms with Crippen molar-refractivity contribution < 1.29 is 23.9 Å². The van der Waals surface area contributed by atoms with E-state index < -0.39 is 0 Å². The van der Waals surface area contributed by atoms with E-state index in [9.17, 15) is 14.4 Å². The average Bonchev–Trinajstić information content (AvgIpc) is 3.18. The molecule has 0 aromatic rings. The summed E-state index contributed by atoms with van der Waals surface area (Å²) in [6.45, 7) is 25.9. The van der Waals surface area contributed by atoms with E-state index in [1.165, 1.54) is 0 Å². The van der Waals surface area contributed by atoms with Crippen LogP contribution in [0.4, 0.5) is 0 Å². The van der Waals surface area contributed by atoms with E-state index in [0.717, 1.165) is 133 Å². The lowest BCUT2D eigenvalue weighted by molar-refractivity contribution is -0.121. The second-order valence-corrected chi connectivity index (χ2v) is 14.3. The molecule has 0 aliphatic carbocycles. The van der Waals surface area contributed by atoms with Crippen molar-refractivity contribution >= 4 is 17.7 Å². The van der Waals surface area contributed by atoms with Gasteiger partial charge in [-0.2, -0.15) is 0 Å². The third kappa shape index (κ3) is 13.9. The highest BCUT2D eigenvalue weighted by Gasteiger charge is 2.39. The summed E-state index contributed by atoms with van der Waals surface area (Å²) in [5.74, 6) is 0.151. The highest BCUT2D eigenvalue weighted by atomic mass is 16.5. The molecule has 11 nitrogen and oxygen atoms in total. The van der Waals surface area contributed by atoms with Gasteiger partial charge in [0.2, 0.25) is 17.7 Å². The van der Waals surface area contributed by atoms with Crippen molar-refractivity contribution in [3.8, 4) is 0 Å². The molecule has 1 radical (unpaired) electrons. The van der Waals surface area contributed by atoms with Crippen LogP contribution in [0.3, 0.4) is 0 Å². The van der Waals surface area contributed by atoms with E-state index in [1.807, 2.05) is 6.61 Å². The Balaban J connectivity index is 3.26. The van der Waals surface area contributed by atoms with E-state index in [4.69, 9.17) is 9.47 Å². The molecule has 0 fully saturated rings. The number of hydrogen-bond donors (Lipinski definition) is 3. The number of carbonyl (C=O) groups excluding carboxylic acids is 3. The van der Waals surface area contributed by atoms with Crippen LogP contribution in [0.5, 0.6) is 0 Å². The van der Waals surface area contributed by atoms with E-state index >= 15 is 0 Å². The van der Waals surface area contributed by atoms with Crippen LogP contribution in [0.2, 0.25) is 0 Å². The van der Waals surface area contributed by atoms with Gasteiger partial charge in [-0.25, -0.2) is 0 Å². The SMILES string of the molecule is CCCCN(CCCC)C1=C(N(CCCC)CCCC)C(N(CCCC)CCCC)=C(C2=C(NC(=O)CC)C(NC(=O)CC)=C(NC(=O)CC)CO2)O[CH]1. The van der Waals surface area contributed by atoms with Crippen molar-refractivity contribution in [2.45, 2.75) is 159 Å². The third-order valence-electron chi connectivity index (χ3n) is 9.76. The minimum Gasteiger partial charge on any atom is -0.481 e. The molecule has 0 saturated carbocycles. The maximum Gasteiger partial charge on any atom is 0.224 e. The summed E-state index contributed by atoms with van der Waals surface area (Å²) >= 11 is 0. The molecule has 0 bridgehead atoms. The topological polar surface area (TPSA) is 115 Å². The Morgan fingerprint density at radius 1 is 0.519 bits per heavy atom. The minimum atomic E-state index is -0.248. The lowest BCUT2D eigenvalue weighted by Crippen LogP contribution is -2.43. The van der Waals surface area contributed by atoms with E-state index in [2.05, 4.69) is 72.2 Å². The predicted molar refractivity (Wildman–Crippen MR) is 219 cm³/mol. The average molecular weight is 756 g/mol. The van der Waals surface area contributed by atoms with Crippen LogP contribution in [0.1, 0.15) is 159 Å². The van der Waals surface area contributed by atoms with Crippen molar-refractivity contribution in [1.29, 1.82) is 0 Å². The summed E-state index contributed by atoms with van der Waals surface area (Å²) in [4.78, 5) is 46.7. The molecule has 0 aromatic carbocycles. The second-order valence-electron chi connectivity index (χ2n) is 14.3. The molecule has 0 aromatic heterocycles. The van der Waals surface area contributed by atoms with Crippen LogP contribution in [0, 0.1) is 6.61 Å². The fraction of sp³-hybridized carbons (Fsp3) is 0.721. The molecule has 307 valence electrons. The zero-order valence-corrected chi connectivity index (χ0v) is 35.5. The maximum atomic E-state index is 13.3. The molecule has 0 saturated heterocycles. The van der Waals surface area contributed by atoms with Crippen LogP contribution in [-0.2, 0) is 23.9 Å². The number of hydrogen-bond acceptors (Lipinski definition) is 8. The van der Waals surface area contributed by atoms with Crippen molar-refractivity contribution in [3.63, 3.8) is 0 Å². The van der Waals surface area contributed by atoms with Gasteiger partial charge in [-0.1, -0.05) is 101 Å². The number of amides is 3. The largest absolute Gasteiger partial charge is 0.481 e. The number of ether oxygens (including phenoxy) is 2. The van der Waals surface area contributed by atoms with Gasteiger partial charge in [0.1, 0.15) is 18.0 Å². The van der Waals surface area contributed by atoms with Gasteiger partial charge < -0.3 is 40.1 Å². The predicted octanol–water partition coefficient (Wildman–Crippen LogP) is 8.34. The van der Waals surface area contributed by atoms with Gasteiger partial charge in [-0.05, 0) is 38.5 Å². The Morgan fingerprint density at radius 3 is 1.33 bits per heavy atom. The zero-order chi connectivity index (χ0) is 39.9. The molecular formula is C43H75N6O5. The van der Waals surface area contributed by atoms with Gasteiger partial charge in [-0.3, -0.25) is 14.4 Å². The summed E-state index contributed by atoms with van der Waals surface area (Å²) in [5, 5.41) is 9.02. The van der Waals surface area contributed by atoms with Gasteiger partial charge in [0.05, 0.1) is 22.8 Å². The zero-order valence-electron chi connectivity index (χ0n) is 35.5. The lowest BCUT2D eigenvalue weighted by Gasteiger charge is -2.43. The Kier molecular flexibility index (Phi) is 22.6. The molecule has 2 aliphatic rings. The monoisotopic (exact) mass is 756 g/mol. The van der Waals surface area contributed by atoms with Crippen LogP contribution < -0.4 is 16.0 Å². The number of nitrogens with one attached hydrogen (secondary N) is 3. The molecule has 2 aliphatic heterocycles. The highest BCUT2D eigenvalue weighted by molar-refractivity contribution is 5.83. The minimum absolute atomic E-state index is 0.0175. The summed E-state index contributed by atoms with van der Waals surface area (Å²) in [6, 6.07) is 0. The quantitative estimate of drug-likeness (QED) is 0.0731. The van der Waals surface area contributed by atoms with Gasteiger partial charge in [0.25, 0.3) is 0 Å². The standard InChI is InChI=1S/C43H75N6O5/c1-10-19-25-47(26-20-11-2)34-32-54-43(41(49(29-23-14-5)30-24-15-6)40(34)48(27-21-12-3)28-22-13-4)42-39(46-37(52)18-9)38(45-36(51)17-8)33(31-53-42)44-35(50)16-7/h32H,10-31H2,1-9H3,(H,44,50)(H,45,51)(H,46,52). The van der Waals surface area contributed by atoms with Crippen LogP contribution in [0.25, 0.3) is 0 Å². The highest BCUT2D eigenvalue weighted by Crippen LogP contribution is 2.41.